The van der Waals surface area contributed by atoms with Gasteiger partial charge in [-0.3, -0.25) is 29.4 Å². The van der Waals surface area contributed by atoms with Gasteiger partial charge in [0, 0.05) is 72.3 Å². The molecule has 0 amide bonds. The third kappa shape index (κ3) is 14.4. The lowest BCUT2D eigenvalue weighted by molar-refractivity contribution is -0.157. The summed E-state index contributed by atoms with van der Waals surface area (Å²) in [6, 6.07) is 13.1. The van der Waals surface area contributed by atoms with E-state index in [0.717, 1.165) is 92.2 Å². The molecule has 4 heterocycles. The van der Waals surface area contributed by atoms with Crippen LogP contribution in [-0.4, -0.2) is 77.2 Å². The van der Waals surface area contributed by atoms with Crippen molar-refractivity contribution in [2.24, 2.45) is 11.8 Å². The maximum Gasteiger partial charge on any atom is 0.306 e. The minimum absolute atomic E-state index is 0.0685. The zero-order valence-electron chi connectivity index (χ0n) is 36.4. The van der Waals surface area contributed by atoms with Crippen LogP contribution in [0.15, 0.2) is 61.2 Å². The Balaban J connectivity index is 0.000000223. The minimum atomic E-state index is -1.44. The second-order valence-electron chi connectivity index (χ2n) is 19.1. The van der Waals surface area contributed by atoms with E-state index in [1.807, 2.05) is 60.1 Å². The first-order valence-electron chi connectivity index (χ1n) is 20.9. The lowest BCUT2D eigenvalue weighted by atomic mass is 9.93. The molecule has 0 unspecified atom stereocenters. The number of terminal acetylenes is 1. The number of carbonyl (C=O) groups is 2. The number of nitrogens with zero attached hydrogens (tertiary/aromatic N) is 4. The second kappa shape index (κ2) is 19.5. The summed E-state index contributed by atoms with van der Waals surface area (Å²) in [5.74, 6) is 6.82. The SMILES string of the molecule is C#Cc1cncc2ccc(CN3CCC(CC(=O)OC(C)(C)C)CC3)cc12.CC(C)(C)OC(=O)CC1CCN(Cc2ccc3cncc(C#C[Si](C)(C)C)c3c2)CC1. The van der Waals surface area contributed by atoms with E-state index in [0.29, 0.717) is 24.7 Å². The smallest absolute Gasteiger partial charge is 0.306 e. The lowest BCUT2D eigenvalue weighted by Crippen LogP contribution is -2.34. The summed E-state index contributed by atoms with van der Waals surface area (Å²) in [4.78, 5) is 37.7. The molecule has 2 saturated heterocycles. The Hall–Kier alpha value is -4.54. The predicted octanol–water partition coefficient (Wildman–Crippen LogP) is 9.57. The van der Waals surface area contributed by atoms with Crippen molar-refractivity contribution < 1.29 is 19.1 Å². The van der Waals surface area contributed by atoms with Gasteiger partial charge in [-0.05, 0) is 129 Å². The van der Waals surface area contributed by atoms with Gasteiger partial charge in [-0.25, -0.2) is 0 Å². The van der Waals surface area contributed by atoms with Gasteiger partial charge >= 0.3 is 11.9 Å². The number of aromatic nitrogens is 2. The Kier molecular flexibility index (Phi) is 15.0. The molecule has 6 rings (SSSR count). The van der Waals surface area contributed by atoms with Crippen LogP contribution in [-0.2, 0) is 32.2 Å². The number of pyridine rings is 2. The van der Waals surface area contributed by atoms with Crippen molar-refractivity contribution in [1.29, 1.82) is 0 Å². The number of hydrogen-bond acceptors (Lipinski definition) is 8. The van der Waals surface area contributed by atoms with Crippen LogP contribution >= 0.6 is 0 Å². The fourth-order valence-electron chi connectivity index (χ4n) is 7.54. The number of hydrogen-bond donors (Lipinski definition) is 0. The highest BCUT2D eigenvalue weighted by Gasteiger charge is 2.26. The lowest BCUT2D eigenvalue weighted by Gasteiger charge is -2.32. The molecule has 8 nitrogen and oxygen atoms in total. The van der Waals surface area contributed by atoms with Gasteiger partial charge in [0.05, 0.1) is 11.1 Å². The van der Waals surface area contributed by atoms with Gasteiger partial charge in [-0.15, -0.1) is 12.0 Å². The predicted molar refractivity (Wildman–Crippen MR) is 239 cm³/mol. The third-order valence-electron chi connectivity index (χ3n) is 10.4. The van der Waals surface area contributed by atoms with E-state index in [1.165, 1.54) is 16.5 Å². The Bertz CT molecular complexity index is 2150. The molecule has 2 aliphatic rings. The molecule has 58 heavy (non-hydrogen) atoms. The van der Waals surface area contributed by atoms with Crippen LogP contribution in [0.2, 0.25) is 19.6 Å². The molecule has 0 spiro atoms. The molecule has 9 heteroatoms. The van der Waals surface area contributed by atoms with Crippen molar-refractivity contribution in [2.75, 3.05) is 26.2 Å². The maximum atomic E-state index is 12.1. The van der Waals surface area contributed by atoms with E-state index in [4.69, 9.17) is 15.9 Å². The molecule has 4 aromatic rings. The van der Waals surface area contributed by atoms with Crippen molar-refractivity contribution in [3.05, 3.63) is 83.4 Å². The van der Waals surface area contributed by atoms with Crippen LogP contribution in [0, 0.1) is 35.6 Å². The highest BCUT2D eigenvalue weighted by Crippen LogP contribution is 2.27. The quantitative estimate of drug-likeness (QED) is 0.0991. The maximum absolute atomic E-state index is 12.1. The summed E-state index contributed by atoms with van der Waals surface area (Å²) < 4.78 is 10.9. The Morgan fingerprint density at radius 1 is 0.690 bits per heavy atom. The Morgan fingerprint density at radius 3 is 1.50 bits per heavy atom. The van der Waals surface area contributed by atoms with E-state index in [9.17, 15) is 9.59 Å². The molecular weight excluding hydrogens is 737 g/mol. The van der Waals surface area contributed by atoms with Crippen LogP contribution in [0.1, 0.15) is 102 Å². The zero-order chi connectivity index (χ0) is 42.1. The average molecular weight is 801 g/mol. The van der Waals surface area contributed by atoms with Crippen LogP contribution in [0.4, 0.5) is 0 Å². The minimum Gasteiger partial charge on any atom is -0.460 e. The van der Waals surface area contributed by atoms with Crippen LogP contribution in [0.5, 0.6) is 0 Å². The van der Waals surface area contributed by atoms with Crippen LogP contribution < -0.4 is 0 Å². The monoisotopic (exact) mass is 800 g/mol. The van der Waals surface area contributed by atoms with Crippen molar-refractivity contribution in [3.8, 4) is 23.8 Å². The van der Waals surface area contributed by atoms with Crippen LogP contribution in [0.3, 0.4) is 0 Å². The fourth-order valence-corrected chi connectivity index (χ4v) is 8.05. The van der Waals surface area contributed by atoms with Crippen molar-refractivity contribution in [2.45, 2.75) is 124 Å². The first kappa shape index (κ1) is 44.6. The average Bonchev–Trinajstić information content (AvgIpc) is 3.13. The molecule has 0 bridgehead atoms. The molecule has 2 aromatic carbocycles. The molecule has 0 N–H and O–H groups in total. The van der Waals surface area contributed by atoms with E-state index >= 15 is 0 Å². The molecule has 0 saturated carbocycles. The Morgan fingerprint density at radius 2 is 1.10 bits per heavy atom. The molecule has 0 radical (unpaired) electrons. The van der Waals surface area contributed by atoms with Crippen LogP contribution in [0.25, 0.3) is 21.5 Å². The van der Waals surface area contributed by atoms with Crippen molar-refractivity contribution >= 4 is 41.6 Å². The van der Waals surface area contributed by atoms with E-state index < -0.39 is 19.3 Å². The number of ether oxygens (including phenoxy) is 2. The number of piperidine rings is 2. The van der Waals surface area contributed by atoms with Gasteiger partial charge in [-0.1, -0.05) is 55.7 Å². The standard InChI is InChI=1S/C26H36N2O2Si.C23H28N2O2/c1-26(2,3)30-25(29)16-20-9-12-28(13-10-20)19-21-7-8-22-17-27-18-23(24(22)15-21)11-14-31(4,5)6;1-5-19-14-24-15-20-7-6-18(12-21(19)20)16-25-10-8-17(9-11-25)13-22(26)27-23(2,3)4/h7-8,15,17-18,20H,9-10,12-13,16,19H2,1-6H3;1,6-7,12,14-15,17H,8-11,13,16H2,2-4H3. The molecular formula is C49H64N4O4Si. The first-order chi connectivity index (χ1) is 27.3. The fraction of sp³-hybridized carbons (Fsp3) is 0.510. The number of benzene rings is 2. The molecule has 0 aliphatic carbocycles. The summed E-state index contributed by atoms with van der Waals surface area (Å²) in [5.41, 5.74) is 7.09. The zero-order valence-corrected chi connectivity index (χ0v) is 37.4. The van der Waals surface area contributed by atoms with Gasteiger partial charge in [-0.2, -0.15) is 0 Å². The second-order valence-corrected chi connectivity index (χ2v) is 23.9. The van der Waals surface area contributed by atoms with Crippen molar-refractivity contribution in [1.82, 2.24) is 19.8 Å². The molecule has 308 valence electrons. The van der Waals surface area contributed by atoms with Gasteiger partial charge < -0.3 is 9.47 Å². The van der Waals surface area contributed by atoms with E-state index in [-0.39, 0.29) is 11.9 Å². The topological polar surface area (TPSA) is 84.9 Å². The van der Waals surface area contributed by atoms with Gasteiger partial charge in [0.1, 0.15) is 19.3 Å². The molecule has 2 fully saturated rings. The number of likely N-dealkylation sites (tertiary alicyclic amines) is 2. The van der Waals surface area contributed by atoms with E-state index in [2.05, 4.69) is 93.2 Å². The highest BCUT2D eigenvalue weighted by molar-refractivity contribution is 6.83. The summed E-state index contributed by atoms with van der Waals surface area (Å²) >= 11 is 0. The summed E-state index contributed by atoms with van der Waals surface area (Å²) in [6.07, 6.45) is 18.2. The number of carbonyl (C=O) groups excluding carboxylic acids is 2. The first-order valence-corrected chi connectivity index (χ1v) is 24.4. The molecule has 0 atom stereocenters. The van der Waals surface area contributed by atoms with E-state index in [1.54, 1.807) is 6.20 Å². The largest absolute Gasteiger partial charge is 0.460 e. The summed E-state index contributed by atoms with van der Waals surface area (Å²) in [6.45, 7) is 24.2. The number of esters is 2. The van der Waals surface area contributed by atoms with Gasteiger partial charge in [0.2, 0.25) is 0 Å². The molecule has 2 aromatic heterocycles. The van der Waals surface area contributed by atoms with Gasteiger partial charge in [0.15, 0.2) is 0 Å². The normalized spacial score (nSPS) is 16.1. The molecule has 2 aliphatic heterocycles. The van der Waals surface area contributed by atoms with Gasteiger partial charge in [0.25, 0.3) is 0 Å². The highest BCUT2D eigenvalue weighted by atomic mass is 28.3. The number of rotatable bonds is 8. The third-order valence-corrected chi connectivity index (χ3v) is 11.2. The summed E-state index contributed by atoms with van der Waals surface area (Å²) in [7, 11) is -1.44. The Labute approximate surface area is 348 Å². The van der Waals surface area contributed by atoms with Crippen molar-refractivity contribution in [3.63, 3.8) is 0 Å². The number of fused-ring (bicyclic) bond motifs is 2. The summed E-state index contributed by atoms with van der Waals surface area (Å²) in [5, 5.41) is 4.50.